The minimum Gasteiger partial charge on any atom is -0.480 e. The van der Waals surface area contributed by atoms with E-state index in [1.165, 1.54) is 6.42 Å². The molecule has 0 spiro atoms. The van der Waals surface area contributed by atoms with Gasteiger partial charge in [0.15, 0.2) is 6.10 Å². The zero-order chi connectivity index (χ0) is 35.3. The summed E-state index contributed by atoms with van der Waals surface area (Å²) in [7, 11) is 0. The van der Waals surface area contributed by atoms with E-state index in [1.807, 2.05) is 82.3 Å². The number of ether oxygens (including phenoxy) is 1. The van der Waals surface area contributed by atoms with Crippen molar-refractivity contribution < 1.29 is 34.5 Å². The molecular formula is C39H58N4O7. The largest absolute Gasteiger partial charge is 0.480 e. The number of hydrogen-bond acceptors (Lipinski definition) is 6. The molecule has 1 aliphatic carbocycles. The monoisotopic (exact) mass is 694 g/mol. The van der Waals surface area contributed by atoms with Crippen molar-refractivity contribution in [1.82, 2.24) is 21.3 Å². The number of rotatable bonds is 17. The highest BCUT2D eigenvalue weighted by molar-refractivity contribution is 5.93. The van der Waals surface area contributed by atoms with Crippen LogP contribution in [-0.2, 0) is 32.0 Å². The van der Waals surface area contributed by atoms with Crippen molar-refractivity contribution in [2.45, 2.75) is 122 Å². The first-order valence-electron chi connectivity index (χ1n) is 18.1. The first-order valence-corrected chi connectivity index (χ1v) is 18.1. The van der Waals surface area contributed by atoms with Gasteiger partial charge in [-0.1, -0.05) is 108 Å². The molecule has 11 heteroatoms. The second-order valence-corrected chi connectivity index (χ2v) is 14.7. The minimum absolute atomic E-state index is 0. The Morgan fingerprint density at radius 2 is 1.48 bits per heavy atom. The van der Waals surface area contributed by atoms with Crippen molar-refractivity contribution in [2.24, 2.45) is 17.8 Å². The Kier molecular flexibility index (Phi) is 16.2. The molecule has 0 bridgehead atoms. The summed E-state index contributed by atoms with van der Waals surface area (Å²) in [5, 5.41) is 23.0. The molecule has 50 heavy (non-hydrogen) atoms. The molecule has 1 heterocycles. The van der Waals surface area contributed by atoms with Gasteiger partial charge in [0.2, 0.25) is 17.7 Å². The molecule has 2 aromatic carbocycles. The maximum absolute atomic E-state index is 14.0. The van der Waals surface area contributed by atoms with Crippen LogP contribution in [0.15, 0.2) is 54.6 Å². The van der Waals surface area contributed by atoms with Crippen LogP contribution < -0.4 is 26.0 Å². The fourth-order valence-electron chi connectivity index (χ4n) is 6.73. The van der Waals surface area contributed by atoms with Gasteiger partial charge in [0.1, 0.15) is 17.8 Å². The third kappa shape index (κ3) is 12.7. The van der Waals surface area contributed by atoms with E-state index in [-0.39, 0.29) is 36.1 Å². The fourth-order valence-corrected chi connectivity index (χ4v) is 6.73. The molecule has 0 saturated heterocycles. The lowest BCUT2D eigenvalue weighted by molar-refractivity contribution is -0.134. The highest BCUT2D eigenvalue weighted by Gasteiger charge is 2.35. The maximum Gasteiger partial charge on any atom is 0.262 e. The lowest BCUT2D eigenvalue weighted by atomic mass is 9.83. The third-order valence-corrected chi connectivity index (χ3v) is 9.40. The Morgan fingerprint density at radius 3 is 2.14 bits per heavy atom. The molecule has 0 aromatic heterocycles. The number of aliphatic hydroxyl groups excluding tert-OH is 1. The molecule has 4 rings (SSSR count). The number of nitrogens with one attached hydrogen (secondary N) is 4. The molecule has 2 aliphatic rings. The summed E-state index contributed by atoms with van der Waals surface area (Å²) < 4.78 is 5.89. The summed E-state index contributed by atoms with van der Waals surface area (Å²) >= 11 is 0. The van der Waals surface area contributed by atoms with Gasteiger partial charge in [0.05, 0.1) is 18.6 Å². The third-order valence-electron chi connectivity index (χ3n) is 9.40. The first kappa shape index (κ1) is 40.5. The maximum atomic E-state index is 14.0. The number of para-hydroxylation sites is 1. The SMILES string of the molecule is CC(C)CNC(=O)CC(O)C(CC1CCCCC1)NC(=O)[C@H](CC(C)C)NC(=O)[C@H](Cc1ccccc1)NC(=O)C1Cc2ccccc2O1.O. The number of aliphatic hydroxyl groups is 1. The van der Waals surface area contributed by atoms with E-state index >= 15 is 0 Å². The van der Waals surface area contributed by atoms with Crippen molar-refractivity contribution >= 4 is 23.6 Å². The van der Waals surface area contributed by atoms with E-state index in [2.05, 4.69) is 21.3 Å². The summed E-state index contributed by atoms with van der Waals surface area (Å²) in [5.74, 6) is -0.227. The van der Waals surface area contributed by atoms with Crippen molar-refractivity contribution in [3.63, 3.8) is 0 Å². The predicted molar refractivity (Wildman–Crippen MR) is 193 cm³/mol. The Labute approximate surface area is 297 Å². The number of amides is 4. The van der Waals surface area contributed by atoms with E-state index in [0.717, 1.165) is 36.8 Å². The van der Waals surface area contributed by atoms with Gasteiger partial charge in [-0.2, -0.15) is 0 Å². The van der Waals surface area contributed by atoms with Crippen molar-refractivity contribution in [1.29, 1.82) is 0 Å². The molecule has 0 radical (unpaired) electrons. The van der Waals surface area contributed by atoms with Gasteiger partial charge in [0, 0.05) is 19.4 Å². The van der Waals surface area contributed by atoms with Crippen LogP contribution in [0.25, 0.3) is 0 Å². The van der Waals surface area contributed by atoms with E-state index in [9.17, 15) is 24.3 Å². The van der Waals surface area contributed by atoms with Gasteiger partial charge < -0.3 is 36.6 Å². The Balaban J connectivity index is 0.00000676. The molecule has 3 unspecified atom stereocenters. The van der Waals surface area contributed by atoms with Crippen LogP contribution in [0.3, 0.4) is 0 Å². The summed E-state index contributed by atoms with van der Waals surface area (Å²) in [4.78, 5) is 54.0. The van der Waals surface area contributed by atoms with Gasteiger partial charge in [-0.05, 0) is 47.8 Å². The van der Waals surface area contributed by atoms with Crippen molar-refractivity contribution in [3.8, 4) is 5.75 Å². The molecule has 1 aliphatic heterocycles. The molecule has 1 saturated carbocycles. The smallest absolute Gasteiger partial charge is 0.262 e. The molecule has 5 atom stereocenters. The van der Waals surface area contributed by atoms with Crippen LogP contribution >= 0.6 is 0 Å². The second-order valence-electron chi connectivity index (χ2n) is 14.7. The zero-order valence-corrected chi connectivity index (χ0v) is 30.1. The molecule has 1 fully saturated rings. The highest BCUT2D eigenvalue weighted by atomic mass is 16.5. The molecule has 276 valence electrons. The minimum atomic E-state index is -1.07. The van der Waals surface area contributed by atoms with E-state index < -0.39 is 48.1 Å². The quantitative estimate of drug-likeness (QED) is 0.170. The van der Waals surface area contributed by atoms with Gasteiger partial charge in [-0.25, -0.2) is 0 Å². The van der Waals surface area contributed by atoms with Gasteiger partial charge in [-0.15, -0.1) is 0 Å². The fraction of sp³-hybridized carbons (Fsp3) is 0.590. The van der Waals surface area contributed by atoms with Crippen LogP contribution in [0.1, 0.15) is 90.2 Å². The average molecular weight is 695 g/mol. The Morgan fingerprint density at radius 1 is 0.820 bits per heavy atom. The second kappa shape index (κ2) is 20.0. The van der Waals surface area contributed by atoms with E-state index in [4.69, 9.17) is 4.74 Å². The van der Waals surface area contributed by atoms with Crippen molar-refractivity contribution in [2.75, 3.05) is 6.54 Å². The van der Waals surface area contributed by atoms with Gasteiger partial charge in [-0.3, -0.25) is 19.2 Å². The summed E-state index contributed by atoms with van der Waals surface area (Å²) in [6.07, 6.45) is 5.00. The molecular weight excluding hydrogens is 636 g/mol. The Bertz CT molecular complexity index is 1350. The molecule has 2 aromatic rings. The normalized spacial score (nSPS) is 18.1. The lowest BCUT2D eigenvalue weighted by Gasteiger charge is -2.32. The lowest BCUT2D eigenvalue weighted by Crippen LogP contribution is -2.58. The average Bonchev–Trinajstić information content (AvgIpc) is 3.52. The number of benzene rings is 2. The predicted octanol–water partition coefficient (Wildman–Crippen LogP) is 3.40. The molecule has 7 N–H and O–H groups in total. The molecule has 4 amide bonds. The summed E-state index contributed by atoms with van der Waals surface area (Å²) in [6.45, 7) is 8.46. The zero-order valence-electron chi connectivity index (χ0n) is 30.1. The van der Waals surface area contributed by atoms with Crippen molar-refractivity contribution in [3.05, 3.63) is 65.7 Å². The van der Waals surface area contributed by atoms with Gasteiger partial charge in [0.25, 0.3) is 5.91 Å². The summed E-state index contributed by atoms with van der Waals surface area (Å²) in [5.41, 5.74) is 1.79. The van der Waals surface area contributed by atoms with Crippen LogP contribution in [0.4, 0.5) is 0 Å². The van der Waals surface area contributed by atoms with Crippen LogP contribution in [-0.4, -0.2) is 71.1 Å². The van der Waals surface area contributed by atoms with Crippen LogP contribution in [0, 0.1) is 17.8 Å². The number of fused-ring (bicyclic) bond motifs is 1. The van der Waals surface area contributed by atoms with Crippen LogP contribution in [0.5, 0.6) is 5.75 Å². The first-order chi connectivity index (χ1) is 23.5. The van der Waals surface area contributed by atoms with E-state index in [0.29, 0.717) is 37.5 Å². The van der Waals surface area contributed by atoms with Crippen LogP contribution in [0.2, 0.25) is 0 Å². The topological polar surface area (TPSA) is 177 Å². The number of carbonyl (C=O) groups excluding carboxylic acids is 4. The number of carbonyl (C=O) groups is 4. The number of hydrogen-bond donors (Lipinski definition) is 5. The van der Waals surface area contributed by atoms with Gasteiger partial charge >= 0.3 is 0 Å². The summed E-state index contributed by atoms with van der Waals surface area (Å²) in [6, 6.07) is 14.4. The molecule has 11 nitrogen and oxygen atoms in total. The highest BCUT2D eigenvalue weighted by Crippen LogP contribution is 2.29. The van der Waals surface area contributed by atoms with E-state index in [1.54, 1.807) is 0 Å². The standard InChI is InChI=1S/C39H56N4O6.H2O/c1-25(2)19-31(37(46)41-30(20-27-13-7-5-8-14-27)33(44)23-36(45)40-24-26(3)4)42-38(47)32(21-28-15-9-6-10-16-28)43-39(48)35-22-29-17-11-12-18-34(29)49-35;/h6,9-12,15-18,25-27,30-33,35,44H,5,7-8,13-14,19-24H2,1-4H3,(H,40,45)(H,41,46)(H,42,47)(H,43,48);1H2/t30?,31-,32-,33?,35?;/m0./s1. The Hall–Kier alpha value is -3.96.